The third-order valence-corrected chi connectivity index (χ3v) is 4.91. The van der Waals surface area contributed by atoms with E-state index in [2.05, 4.69) is 25.6 Å². The van der Waals surface area contributed by atoms with Crippen LogP contribution in [-0.2, 0) is 17.9 Å². The average molecular weight is 396 g/mol. The molecule has 28 heavy (non-hydrogen) atoms. The van der Waals surface area contributed by atoms with Gasteiger partial charge in [0.2, 0.25) is 0 Å². The Morgan fingerprint density at radius 3 is 2.75 bits per heavy atom. The smallest absolute Gasteiger partial charge is 0.348 e. The zero-order valence-corrected chi connectivity index (χ0v) is 15.0. The summed E-state index contributed by atoms with van der Waals surface area (Å²) in [4.78, 5) is 40.4. The molecule has 11 heteroatoms. The Balaban J connectivity index is 1.62. The van der Waals surface area contributed by atoms with Crippen LogP contribution in [0, 0.1) is 0 Å². The summed E-state index contributed by atoms with van der Waals surface area (Å²) >= 11 is 0.990. The van der Waals surface area contributed by atoms with E-state index in [1.54, 1.807) is 0 Å². The van der Waals surface area contributed by atoms with Crippen molar-refractivity contribution in [2.75, 3.05) is 0 Å². The summed E-state index contributed by atoms with van der Waals surface area (Å²) in [7, 11) is 0. The predicted octanol–water partition coefficient (Wildman–Crippen LogP) is 0.737. The van der Waals surface area contributed by atoms with Gasteiger partial charge in [0.25, 0.3) is 5.56 Å². The Morgan fingerprint density at radius 2 is 2.00 bits per heavy atom. The Bertz CT molecular complexity index is 1250. The van der Waals surface area contributed by atoms with Crippen LogP contribution in [0.5, 0.6) is 0 Å². The summed E-state index contributed by atoms with van der Waals surface area (Å²) in [5, 5.41) is 14.2. The van der Waals surface area contributed by atoms with Crippen molar-refractivity contribution < 1.29 is 9.53 Å². The van der Waals surface area contributed by atoms with Crippen LogP contribution in [0.4, 0.5) is 0 Å². The molecule has 0 saturated heterocycles. The van der Waals surface area contributed by atoms with Crippen molar-refractivity contribution in [2.24, 2.45) is 0 Å². The molecule has 1 aromatic carbocycles. The van der Waals surface area contributed by atoms with Crippen molar-refractivity contribution >= 4 is 27.5 Å². The fraction of sp³-hybridized carbons (Fsp3) is 0.118. The molecule has 1 N–H and O–H groups in total. The topological polar surface area (TPSA) is 133 Å². The van der Waals surface area contributed by atoms with E-state index in [9.17, 15) is 14.4 Å². The molecule has 0 amide bonds. The number of hydrogen-bond donors (Lipinski definition) is 1. The van der Waals surface area contributed by atoms with Crippen molar-refractivity contribution in [1.29, 1.82) is 0 Å². The van der Waals surface area contributed by atoms with Gasteiger partial charge in [-0.2, -0.15) is 0 Å². The number of nitrogens with one attached hydrogen (secondary N) is 1. The van der Waals surface area contributed by atoms with E-state index >= 15 is 0 Å². The second kappa shape index (κ2) is 7.48. The fourth-order valence-electron chi connectivity index (χ4n) is 2.54. The number of fused-ring (bicyclic) bond motifs is 1. The Hall–Kier alpha value is -3.73. The number of thiophene rings is 1. The van der Waals surface area contributed by atoms with Crippen molar-refractivity contribution in [3.8, 4) is 0 Å². The third kappa shape index (κ3) is 3.55. The van der Waals surface area contributed by atoms with Crippen LogP contribution >= 0.6 is 11.3 Å². The quantitative estimate of drug-likeness (QED) is 0.488. The predicted molar refractivity (Wildman–Crippen MR) is 99.0 cm³/mol. The highest BCUT2D eigenvalue weighted by Crippen LogP contribution is 2.21. The normalized spacial score (nSPS) is 10.9. The van der Waals surface area contributed by atoms with Gasteiger partial charge in [-0.1, -0.05) is 30.3 Å². The van der Waals surface area contributed by atoms with E-state index in [0.717, 1.165) is 21.5 Å². The van der Waals surface area contributed by atoms with Crippen LogP contribution in [0.2, 0.25) is 0 Å². The van der Waals surface area contributed by atoms with Gasteiger partial charge in [0.1, 0.15) is 22.0 Å². The number of rotatable bonds is 5. The molecule has 0 aliphatic rings. The second-order valence-electron chi connectivity index (χ2n) is 5.75. The maximum absolute atomic E-state index is 12.7. The number of benzene rings is 1. The summed E-state index contributed by atoms with van der Waals surface area (Å²) < 4.78 is 6.24. The Morgan fingerprint density at radius 1 is 1.18 bits per heavy atom. The number of aromatic nitrogens is 6. The van der Waals surface area contributed by atoms with Gasteiger partial charge in [0.05, 0.1) is 18.1 Å². The van der Waals surface area contributed by atoms with Gasteiger partial charge < -0.3 is 4.74 Å². The summed E-state index contributed by atoms with van der Waals surface area (Å²) in [5.74, 6) is -0.568. The highest BCUT2D eigenvalue weighted by atomic mass is 32.1. The molecule has 4 rings (SSSR count). The first-order valence-corrected chi connectivity index (χ1v) is 8.91. The van der Waals surface area contributed by atoms with E-state index in [4.69, 9.17) is 4.74 Å². The van der Waals surface area contributed by atoms with Crippen LogP contribution in [0.3, 0.4) is 0 Å². The molecule has 0 bridgehead atoms. The number of nitrogens with zero attached hydrogens (tertiary/aromatic N) is 5. The van der Waals surface area contributed by atoms with Gasteiger partial charge in [-0.15, -0.1) is 21.5 Å². The van der Waals surface area contributed by atoms with Crippen molar-refractivity contribution in [2.45, 2.75) is 13.2 Å². The molecular formula is C17H12N6O4S. The number of ether oxygens (including phenoxy) is 1. The number of esters is 1. The van der Waals surface area contributed by atoms with E-state index in [-0.39, 0.29) is 23.4 Å². The minimum Gasteiger partial charge on any atom is -0.457 e. The Kier molecular flexibility index (Phi) is 4.72. The summed E-state index contributed by atoms with van der Waals surface area (Å²) in [6.45, 7) is -0.00135. The second-order valence-corrected chi connectivity index (χ2v) is 6.80. The van der Waals surface area contributed by atoms with Crippen LogP contribution < -0.4 is 11.2 Å². The fourth-order valence-corrected chi connectivity index (χ4v) is 3.47. The molecule has 4 aromatic rings. The van der Waals surface area contributed by atoms with E-state index < -0.39 is 17.2 Å². The molecule has 0 fully saturated rings. The molecule has 10 nitrogen and oxygen atoms in total. The average Bonchev–Trinajstić information content (AvgIpc) is 3.15. The SMILES string of the molecule is O=C(OCc1ccccc1)c1cc2c(=O)n(Cc3cnnnn3)c(=O)[nH]c2s1. The van der Waals surface area contributed by atoms with E-state index in [1.165, 1.54) is 12.3 Å². The lowest BCUT2D eigenvalue weighted by Gasteiger charge is -2.02. The monoisotopic (exact) mass is 396 g/mol. The molecule has 140 valence electrons. The highest BCUT2D eigenvalue weighted by molar-refractivity contribution is 7.20. The standard InChI is InChI=1S/C17H12N6O4S/c24-15-12-6-13(16(25)27-9-10-4-2-1-3-5-10)28-14(12)19-17(26)23(15)8-11-7-18-21-22-20-11/h1-7H,8-9H2,(H,19,26). The molecular weight excluding hydrogens is 384 g/mol. The van der Waals surface area contributed by atoms with Crippen molar-refractivity contribution in [1.82, 2.24) is 30.2 Å². The number of carbonyl (C=O) groups excluding carboxylic acids is 1. The van der Waals surface area contributed by atoms with Gasteiger partial charge >= 0.3 is 11.7 Å². The number of carbonyl (C=O) groups is 1. The zero-order valence-electron chi connectivity index (χ0n) is 14.2. The van der Waals surface area contributed by atoms with Gasteiger partial charge in [-0.3, -0.25) is 14.3 Å². The summed E-state index contributed by atoms with van der Waals surface area (Å²) in [5.41, 5.74) is -0.0163. The first-order valence-electron chi connectivity index (χ1n) is 8.09. The number of aromatic amines is 1. The lowest BCUT2D eigenvalue weighted by atomic mass is 10.2. The molecule has 0 aliphatic heterocycles. The molecule has 0 atom stereocenters. The Labute approximate surface area is 160 Å². The molecule has 3 heterocycles. The van der Waals surface area contributed by atoms with Gasteiger partial charge in [-0.05, 0) is 22.1 Å². The highest BCUT2D eigenvalue weighted by Gasteiger charge is 2.17. The van der Waals surface area contributed by atoms with Crippen LogP contribution in [0.25, 0.3) is 10.2 Å². The third-order valence-electron chi connectivity index (χ3n) is 3.88. The largest absolute Gasteiger partial charge is 0.457 e. The van der Waals surface area contributed by atoms with Gasteiger partial charge in [0, 0.05) is 0 Å². The summed E-state index contributed by atoms with van der Waals surface area (Å²) in [6.07, 6.45) is 1.31. The minimum atomic E-state index is -0.623. The van der Waals surface area contributed by atoms with Crippen molar-refractivity contribution in [3.63, 3.8) is 0 Å². The van der Waals surface area contributed by atoms with Crippen LogP contribution in [0.15, 0.2) is 52.2 Å². The molecule has 3 aromatic heterocycles. The van der Waals surface area contributed by atoms with Crippen LogP contribution in [0.1, 0.15) is 20.9 Å². The lowest BCUT2D eigenvalue weighted by molar-refractivity contribution is 0.0478. The molecule has 0 saturated carbocycles. The van der Waals surface area contributed by atoms with Gasteiger partial charge in [0.15, 0.2) is 0 Å². The van der Waals surface area contributed by atoms with E-state index in [1.807, 2.05) is 30.3 Å². The maximum atomic E-state index is 12.7. The maximum Gasteiger partial charge on any atom is 0.348 e. The summed E-state index contributed by atoms with van der Waals surface area (Å²) in [6, 6.07) is 10.7. The molecule has 0 radical (unpaired) electrons. The number of H-pyrrole nitrogens is 1. The first kappa shape index (κ1) is 17.7. The molecule has 0 unspecified atom stereocenters. The molecule has 0 spiro atoms. The van der Waals surface area contributed by atoms with E-state index in [0.29, 0.717) is 10.5 Å². The molecule has 0 aliphatic carbocycles. The van der Waals surface area contributed by atoms with Crippen LogP contribution in [-0.4, -0.2) is 36.1 Å². The van der Waals surface area contributed by atoms with Gasteiger partial charge in [-0.25, -0.2) is 9.59 Å². The van der Waals surface area contributed by atoms with Crippen molar-refractivity contribution in [3.05, 3.63) is 79.6 Å². The first-order chi connectivity index (χ1) is 13.6. The minimum absolute atomic E-state index is 0.113. The lowest BCUT2D eigenvalue weighted by Crippen LogP contribution is -2.35. The zero-order chi connectivity index (χ0) is 19.5. The number of hydrogen-bond acceptors (Lipinski definition) is 9.